The van der Waals surface area contributed by atoms with Crippen molar-refractivity contribution in [3.05, 3.63) is 53.7 Å². The van der Waals surface area contributed by atoms with Crippen molar-refractivity contribution >= 4 is 17.4 Å². The molecule has 2 aliphatic rings. The van der Waals surface area contributed by atoms with E-state index in [4.69, 9.17) is 4.98 Å². The highest BCUT2D eigenvalue weighted by molar-refractivity contribution is 5.93. The van der Waals surface area contributed by atoms with E-state index in [0.717, 1.165) is 31.9 Å². The van der Waals surface area contributed by atoms with Crippen LogP contribution in [0.5, 0.6) is 0 Å². The molecular weight excluding hydrogens is 310 g/mol. The van der Waals surface area contributed by atoms with Crippen LogP contribution in [0, 0.1) is 11.8 Å². The van der Waals surface area contributed by atoms with Crippen LogP contribution in [-0.2, 0) is 6.42 Å². The van der Waals surface area contributed by atoms with Gasteiger partial charge in [-0.2, -0.15) is 0 Å². The van der Waals surface area contributed by atoms with E-state index in [9.17, 15) is 4.79 Å². The normalized spacial score (nSPS) is 22.8. The van der Waals surface area contributed by atoms with Crippen molar-refractivity contribution in [1.29, 1.82) is 0 Å². The number of carbonyl (C=O) groups excluding carboxylic acids is 1. The Balaban J connectivity index is 1.59. The number of hydrogen-bond acceptors (Lipinski definition) is 3. The molecule has 0 aliphatic carbocycles. The van der Waals surface area contributed by atoms with Gasteiger partial charge in [0.05, 0.1) is 0 Å². The molecule has 2 unspecified atom stereocenters. The number of benzene rings is 1. The first-order chi connectivity index (χ1) is 12.1. The molecule has 130 valence electrons. The molecule has 4 rings (SSSR count). The average Bonchev–Trinajstić information content (AvgIpc) is 3.04. The van der Waals surface area contributed by atoms with Gasteiger partial charge in [-0.15, -0.1) is 0 Å². The van der Waals surface area contributed by atoms with Crippen molar-refractivity contribution in [2.75, 3.05) is 24.5 Å². The van der Waals surface area contributed by atoms with E-state index in [1.807, 2.05) is 23.1 Å². The summed E-state index contributed by atoms with van der Waals surface area (Å²) in [5.41, 5.74) is 3.11. The van der Waals surface area contributed by atoms with Gasteiger partial charge in [0.2, 0.25) is 0 Å². The Kier molecular flexibility index (Phi) is 4.20. The van der Waals surface area contributed by atoms with Crippen LogP contribution in [0.4, 0.5) is 11.5 Å². The standard InChI is InChI=1S/C21H25N3O/c1-15-12-16(2)14-23(13-15)21(25)18-7-5-9-20(22-18)24-11-10-17-6-3-4-8-19(17)24/h3-9,15-16H,10-14H2,1-2H3. The number of rotatable bonds is 2. The summed E-state index contributed by atoms with van der Waals surface area (Å²) in [6, 6.07) is 14.2. The summed E-state index contributed by atoms with van der Waals surface area (Å²) in [5.74, 6) is 2.05. The summed E-state index contributed by atoms with van der Waals surface area (Å²) >= 11 is 0. The third kappa shape index (κ3) is 3.13. The first kappa shape index (κ1) is 16.1. The van der Waals surface area contributed by atoms with E-state index in [0.29, 0.717) is 17.5 Å². The molecule has 3 heterocycles. The number of amides is 1. The Morgan fingerprint density at radius 3 is 2.60 bits per heavy atom. The lowest BCUT2D eigenvalue weighted by molar-refractivity contribution is 0.0617. The van der Waals surface area contributed by atoms with E-state index in [1.54, 1.807) is 0 Å². The Labute approximate surface area is 149 Å². The first-order valence-corrected chi connectivity index (χ1v) is 9.23. The fourth-order valence-electron chi connectivity index (χ4n) is 4.26. The number of hydrogen-bond donors (Lipinski definition) is 0. The van der Waals surface area contributed by atoms with Gasteiger partial charge in [-0.1, -0.05) is 38.1 Å². The fourth-order valence-corrected chi connectivity index (χ4v) is 4.26. The molecular formula is C21H25N3O. The fraction of sp³-hybridized carbons (Fsp3) is 0.429. The number of nitrogens with zero attached hydrogens (tertiary/aromatic N) is 3. The molecule has 1 saturated heterocycles. The smallest absolute Gasteiger partial charge is 0.272 e. The molecule has 2 aliphatic heterocycles. The first-order valence-electron chi connectivity index (χ1n) is 9.23. The third-order valence-corrected chi connectivity index (χ3v) is 5.27. The number of anilines is 2. The summed E-state index contributed by atoms with van der Waals surface area (Å²) < 4.78 is 0. The zero-order chi connectivity index (χ0) is 17.4. The van der Waals surface area contributed by atoms with Gasteiger partial charge in [-0.25, -0.2) is 4.98 Å². The van der Waals surface area contributed by atoms with E-state index >= 15 is 0 Å². The van der Waals surface area contributed by atoms with Crippen LogP contribution in [0.2, 0.25) is 0 Å². The van der Waals surface area contributed by atoms with Crippen molar-refractivity contribution in [2.45, 2.75) is 26.7 Å². The van der Waals surface area contributed by atoms with Crippen LogP contribution in [-0.4, -0.2) is 35.4 Å². The second-order valence-corrected chi connectivity index (χ2v) is 7.57. The minimum Gasteiger partial charge on any atom is -0.337 e. The molecule has 1 aromatic heterocycles. The monoisotopic (exact) mass is 335 g/mol. The molecule has 4 nitrogen and oxygen atoms in total. The Bertz CT molecular complexity index is 778. The highest BCUT2D eigenvalue weighted by Gasteiger charge is 2.27. The van der Waals surface area contributed by atoms with Crippen molar-refractivity contribution in [3.8, 4) is 0 Å². The van der Waals surface area contributed by atoms with Crippen LogP contribution in [0.25, 0.3) is 0 Å². The van der Waals surface area contributed by atoms with Gasteiger partial charge in [0.25, 0.3) is 5.91 Å². The molecule has 1 fully saturated rings. The SMILES string of the molecule is CC1CC(C)CN(C(=O)c2cccc(N3CCc4ccccc43)n2)C1. The number of para-hydroxylation sites is 1. The van der Waals surface area contributed by atoms with Gasteiger partial charge in [-0.3, -0.25) is 4.79 Å². The molecule has 0 spiro atoms. The maximum Gasteiger partial charge on any atom is 0.272 e. The summed E-state index contributed by atoms with van der Waals surface area (Å²) in [5, 5.41) is 0. The second kappa shape index (κ2) is 6.51. The van der Waals surface area contributed by atoms with E-state index in [-0.39, 0.29) is 5.91 Å². The number of fused-ring (bicyclic) bond motifs is 1. The predicted octanol–water partition coefficient (Wildman–Crippen LogP) is 3.89. The zero-order valence-corrected chi connectivity index (χ0v) is 15.0. The van der Waals surface area contributed by atoms with Gasteiger partial charge in [-0.05, 0) is 48.4 Å². The average molecular weight is 335 g/mol. The molecule has 1 amide bonds. The highest BCUT2D eigenvalue weighted by Crippen LogP contribution is 2.33. The van der Waals surface area contributed by atoms with Gasteiger partial charge in [0.15, 0.2) is 0 Å². The van der Waals surface area contributed by atoms with Gasteiger partial charge >= 0.3 is 0 Å². The molecule has 0 bridgehead atoms. The van der Waals surface area contributed by atoms with Crippen LogP contribution in [0.15, 0.2) is 42.5 Å². The summed E-state index contributed by atoms with van der Waals surface area (Å²) in [6.45, 7) is 7.03. The van der Waals surface area contributed by atoms with Crippen LogP contribution in [0.3, 0.4) is 0 Å². The van der Waals surface area contributed by atoms with Crippen LogP contribution in [0.1, 0.15) is 36.3 Å². The summed E-state index contributed by atoms with van der Waals surface area (Å²) in [4.78, 5) is 21.9. The number of piperidine rings is 1. The Morgan fingerprint density at radius 1 is 1.04 bits per heavy atom. The largest absolute Gasteiger partial charge is 0.337 e. The molecule has 1 aromatic carbocycles. The number of aromatic nitrogens is 1. The van der Waals surface area contributed by atoms with E-state index in [1.165, 1.54) is 17.7 Å². The van der Waals surface area contributed by atoms with Gasteiger partial charge in [0.1, 0.15) is 11.5 Å². The summed E-state index contributed by atoms with van der Waals surface area (Å²) in [7, 11) is 0. The molecule has 2 atom stereocenters. The van der Waals surface area contributed by atoms with E-state index in [2.05, 4.69) is 43.0 Å². The molecule has 25 heavy (non-hydrogen) atoms. The lowest BCUT2D eigenvalue weighted by Gasteiger charge is -2.34. The van der Waals surface area contributed by atoms with Crippen molar-refractivity contribution in [1.82, 2.24) is 9.88 Å². The lowest BCUT2D eigenvalue weighted by Crippen LogP contribution is -2.42. The molecule has 0 N–H and O–H groups in total. The molecule has 2 aromatic rings. The highest BCUT2D eigenvalue weighted by atomic mass is 16.2. The topological polar surface area (TPSA) is 36.4 Å². The van der Waals surface area contributed by atoms with Crippen molar-refractivity contribution in [3.63, 3.8) is 0 Å². The van der Waals surface area contributed by atoms with Crippen molar-refractivity contribution in [2.24, 2.45) is 11.8 Å². The minimum absolute atomic E-state index is 0.0627. The number of carbonyl (C=O) groups is 1. The van der Waals surface area contributed by atoms with Gasteiger partial charge < -0.3 is 9.80 Å². The predicted molar refractivity (Wildman–Crippen MR) is 100 cm³/mol. The molecule has 4 heteroatoms. The maximum atomic E-state index is 12.9. The van der Waals surface area contributed by atoms with Crippen molar-refractivity contribution < 1.29 is 4.79 Å². The lowest BCUT2D eigenvalue weighted by atomic mass is 9.92. The maximum absolute atomic E-state index is 12.9. The Hall–Kier alpha value is -2.36. The summed E-state index contributed by atoms with van der Waals surface area (Å²) in [6.07, 6.45) is 2.22. The van der Waals surface area contributed by atoms with Gasteiger partial charge in [0, 0.05) is 25.3 Å². The zero-order valence-electron chi connectivity index (χ0n) is 15.0. The molecule has 0 saturated carbocycles. The van der Waals surface area contributed by atoms with E-state index < -0.39 is 0 Å². The van der Waals surface area contributed by atoms with Crippen LogP contribution < -0.4 is 4.90 Å². The second-order valence-electron chi connectivity index (χ2n) is 7.57. The minimum atomic E-state index is 0.0627. The Morgan fingerprint density at radius 2 is 1.80 bits per heavy atom. The van der Waals surface area contributed by atoms with Crippen LogP contribution >= 0.6 is 0 Å². The molecule has 0 radical (unpaired) electrons. The third-order valence-electron chi connectivity index (χ3n) is 5.27. The number of pyridine rings is 1. The quantitative estimate of drug-likeness (QED) is 0.835. The number of likely N-dealkylation sites (tertiary alicyclic amines) is 1.